The molecule has 9 heteroatoms. The van der Waals surface area contributed by atoms with Crippen LogP contribution in [0.3, 0.4) is 0 Å². The predicted molar refractivity (Wildman–Crippen MR) is 114 cm³/mol. The van der Waals surface area contributed by atoms with Gasteiger partial charge in [0, 0.05) is 17.3 Å². The topological polar surface area (TPSA) is 93.7 Å². The summed E-state index contributed by atoms with van der Waals surface area (Å²) in [5, 5.41) is 0. The van der Waals surface area contributed by atoms with Crippen molar-refractivity contribution in [1.82, 2.24) is 10.9 Å². The van der Waals surface area contributed by atoms with Gasteiger partial charge in [-0.25, -0.2) is 0 Å². The lowest BCUT2D eigenvalue weighted by Gasteiger charge is -2.10. The van der Waals surface area contributed by atoms with Crippen LogP contribution in [-0.4, -0.2) is 31.0 Å². The summed E-state index contributed by atoms with van der Waals surface area (Å²) in [5.74, 6) is -0.999. The number of rotatable bonds is 9. The van der Waals surface area contributed by atoms with Gasteiger partial charge in [0.25, 0.3) is 5.91 Å². The van der Waals surface area contributed by atoms with Gasteiger partial charge in [0.05, 0.1) is 17.5 Å². The zero-order chi connectivity index (χ0) is 21.1. The molecule has 2 rings (SSSR count). The molecule has 0 saturated heterocycles. The van der Waals surface area contributed by atoms with Crippen molar-refractivity contribution in [3.63, 3.8) is 0 Å². The third-order valence-electron chi connectivity index (χ3n) is 3.65. The standard InChI is InChI=1S/C20H20Br2N2O5/c21-15-6-7-17(16(22)12-15)29-13-19(26)24-23-18(25)8-9-20(27)28-11-10-14-4-2-1-3-5-14/h1-7,12H,8-11,13H2,(H,23,25)(H,24,26). The Morgan fingerprint density at radius 1 is 0.897 bits per heavy atom. The van der Waals surface area contributed by atoms with E-state index in [1.807, 2.05) is 30.3 Å². The average Bonchev–Trinajstić information content (AvgIpc) is 2.71. The highest BCUT2D eigenvalue weighted by Crippen LogP contribution is 2.27. The predicted octanol–water partition coefficient (Wildman–Crippen LogP) is 3.30. The number of hydrogen-bond donors (Lipinski definition) is 2. The monoisotopic (exact) mass is 526 g/mol. The van der Waals surface area contributed by atoms with Gasteiger partial charge in [-0.05, 0) is 39.7 Å². The molecule has 29 heavy (non-hydrogen) atoms. The van der Waals surface area contributed by atoms with Crippen molar-refractivity contribution in [3.05, 3.63) is 63.0 Å². The van der Waals surface area contributed by atoms with Crippen LogP contribution in [0.15, 0.2) is 57.5 Å². The Kier molecular flexibility index (Phi) is 9.66. The molecule has 0 spiro atoms. The third kappa shape index (κ3) is 9.10. The lowest BCUT2D eigenvalue weighted by molar-refractivity contribution is -0.145. The van der Waals surface area contributed by atoms with E-state index in [2.05, 4.69) is 42.7 Å². The Morgan fingerprint density at radius 3 is 2.34 bits per heavy atom. The summed E-state index contributed by atoms with van der Waals surface area (Å²) in [6.07, 6.45) is 0.450. The number of ether oxygens (including phenoxy) is 2. The van der Waals surface area contributed by atoms with Crippen molar-refractivity contribution in [2.24, 2.45) is 0 Å². The molecular weight excluding hydrogens is 508 g/mol. The maximum Gasteiger partial charge on any atom is 0.306 e. The van der Waals surface area contributed by atoms with Crippen LogP contribution in [0.1, 0.15) is 18.4 Å². The molecule has 7 nitrogen and oxygen atoms in total. The third-order valence-corrected chi connectivity index (χ3v) is 4.76. The Labute approximate surface area is 185 Å². The van der Waals surface area contributed by atoms with E-state index in [9.17, 15) is 14.4 Å². The number of hydrogen-bond acceptors (Lipinski definition) is 5. The van der Waals surface area contributed by atoms with Crippen molar-refractivity contribution in [2.45, 2.75) is 19.3 Å². The van der Waals surface area contributed by atoms with E-state index < -0.39 is 17.8 Å². The minimum absolute atomic E-state index is 0.0706. The van der Waals surface area contributed by atoms with E-state index in [4.69, 9.17) is 9.47 Å². The lowest BCUT2D eigenvalue weighted by Crippen LogP contribution is -2.43. The van der Waals surface area contributed by atoms with Gasteiger partial charge in [-0.3, -0.25) is 25.2 Å². The van der Waals surface area contributed by atoms with Gasteiger partial charge in [0.1, 0.15) is 5.75 Å². The molecule has 0 unspecified atom stereocenters. The Morgan fingerprint density at radius 2 is 1.62 bits per heavy atom. The largest absolute Gasteiger partial charge is 0.483 e. The molecular formula is C20H20Br2N2O5. The number of carbonyl (C=O) groups excluding carboxylic acids is 3. The minimum Gasteiger partial charge on any atom is -0.483 e. The van der Waals surface area contributed by atoms with Crippen LogP contribution >= 0.6 is 31.9 Å². The van der Waals surface area contributed by atoms with Crippen molar-refractivity contribution in [2.75, 3.05) is 13.2 Å². The van der Waals surface area contributed by atoms with Crippen LogP contribution in [0.25, 0.3) is 0 Å². The molecule has 2 amide bonds. The smallest absolute Gasteiger partial charge is 0.306 e. The molecule has 0 aromatic heterocycles. The molecule has 2 aromatic rings. The van der Waals surface area contributed by atoms with Gasteiger partial charge in [0.15, 0.2) is 6.61 Å². The van der Waals surface area contributed by atoms with Crippen LogP contribution in [0.4, 0.5) is 0 Å². The zero-order valence-corrected chi connectivity index (χ0v) is 18.6. The molecule has 0 saturated carbocycles. The van der Waals surface area contributed by atoms with Gasteiger partial charge in [0.2, 0.25) is 5.91 Å². The summed E-state index contributed by atoms with van der Waals surface area (Å²) in [6, 6.07) is 14.9. The normalized spacial score (nSPS) is 10.1. The van der Waals surface area contributed by atoms with Crippen LogP contribution in [0.5, 0.6) is 5.75 Å². The van der Waals surface area contributed by atoms with E-state index in [1.54, 1.807) is 18.2 Å². The van der Waals surface area contributed by atoms with Crippen LogP contribution in [-0.2, 0) is 25.5 Å². The molecule has 0 heterocycles. The van der Waals surface area contributed by atoms with E-state index in [1.165, 1.54) is 0 Å². The average molecular weight is 528 g/mol. The molecule has 0 aliphatic carbocycles. The highest BCUT2D eigenvalue weighted by Gasteiger charge is 2.10. The van der Waals surface area contributed by atoms with Gasteiger partial charge < -0.3 is 9.47 Å². The summed E-state index contributed by atoms with van der Waals surface area (Å²) in [5.41, 5.74) is 5.53. The fourth-order valence-corrected chi connectivity index (χ4v) is 3.35. The Bertz CT molecular complexity index is 846. The van der Waals surface area contributed by atoms with Gasteiger partial charge in [-0.1, -0.05) is 46.3 Å². The molecule has 0 atom stereocenters. The summed E-state index contributed by atoms with van der Waals surface area (Å²) in [6.45, 7) is -0.0216. The molecule has 154 valence electrons. The van der Waals surface area contributed by atoms with Crippen LogP contribution < -0.4 is 15.6 Å². The molecule has 0 radical (unpaired) electrons. The number of halogens is 2. The van der Waals surface area contributed by atoms with Crippen LogP contribution in [0, 0.1) is 0 Å². The van der Waals surface area contributed by atoms with Gasteiger partial charge in [-0.2, -0.15) is 0 Å². The molecule has 0 fully saturated rings. The first kappa shape index (κ1) is 22.9. The number of amides is 2. The van der Waals surface area contributed by atoms with Crippen molar-refractivity contribution >= 4 is 49.6 Å². The fraction of sp³-hybridized carbons (Fsp3) is 0.250. The van der Waals surface area contributed by atoms with Crippen molar-refractivity contribution in [1.29, 1.82) is 0 Å². The van der Waals surface area contributed by atoms with Crippen molar-refractivity contribution < 1.29 is 23.9 Å². The van der Waals surface area contributed by atoms with Gasteiger partial charge >= 0.3 is 5.97 Å². The molecule has 0 aliphatic rings. The van der Waals surface area contributed by atoms with Crippen molar-refractivity contribution in [3.8, 4) is 5.75 Å². The first-order valence-corrected chi connectivity index (χ1v) is 10.4. The second kappa shape index (κ2) is 12.2. The van der Waals surface area contributed by atoms with E-state index >= 15 is 0 Å². The molecule has 2 N–H and O–H groups in total. The summed E-state index contributed by atoms with van der Waals surface area (Å²) < 4.78 is 12.0. The summed E-state index contributed by atoms with van der Waals surface area (Å²) in [7, 11) is 0. The number of benzene rings is 2. The summed E-state index contributed by atoms with van der Waals surface area (Å²) in [4.78, 5) is 35.1. The number of hydrazine groups is 1. The molecule has 0 aliphatic heterocycles. The Hall–Kier alpha value is -2.39. The zero-order valence-electron chi connectivity index (χ0n) is 15.5. The first-order valence-electron chi connectivity index (χ1n) is 8.79. The molecule has 0 bridgehead atoms. The quantitative estimate of drug-likeness (QED) is 0.385. The highest BCUT2D eigenvalue weighted by atomic mass is 79.9. The van der Waals surface area contributed by atoms with E-state index in [-0.39, 0.29) is 26.1 Å². The summed E-state index contributed by atoms with van der Waals surface area (Å²) >= 11 is 6.65. The Balaban J connectivity index is 1.57. The minimum atomic E-state index is -0.529. The first-order chi connectivity index (χ1) is 13.9. The highest BCUT2D eigenvalue weighted by molar-refractivity contribution is 9.11. The fourth-order valence-electron chi connectivity index (χ4n) is 2.19. The maximum atomic E-state index is 11.7. The number of carbonyl (C=O) groups is 3. The lowest BCUT2D eigenvalue weighted by atomic mass is 10.2. The van der Waals surface area contributed by atoms with E-state index in [0.717, 1.165) is 10.0 Å². The maximum absolute atomic E-state index is 11.7. The molecule has 2 aromatic carbocycles. The van der Waals surface area contributed by atoms with Crippen LogP contribution in [0.2, 0.25) is 0 Å². The number of esters is 1. The number of nitrogens with one attached hydrogen (secondary N) is 2. The second-order valence-corrected chi connectivity index (χ2v) is 7.69. The van der Waals surface area contributed by atoms with E-state index in [0.29, 0.717) is 16.6 Å². The second-order valence-electron chi connectivity index (χ2n) is 5.92. The van der Waals surface area contributed by atoms with Gasteiger partial charge in [-0.15, -0.1) is 0 Å². The SMILES string of the molecule is O=C(CCC(=O)OCCc1ccccc1)NNC(=O)COc1ccc(Br)cc1Br.